The van der Waals surface area contributed by atoms with Crippen molar-refractivity contribution >= 4 is 28.7 Å². The van der Waals surface area contributed by atoms with Crippen LogP contribution in [0.1, 0.15) is 36.8 Å². The Labute approximate surface area is 201 Å². The Morgan fingerprint density at radius 2 is 1.85 bits per heavy atom. The lowest BCUT2D eigenvalue weighted by atomic mass is 10.1. The van der Waals surface area contributed by atoms with Crippen molar-refractivity contribution < 1.29 is 32.6 Å². The molecule has 0 saturated carbocycles. The first-order valence-corrected chi connectivity index (χ1v) is 11.5. The summed E-state index contributed by atoms with van der Waals surface area (Å²) in [7, 11) is 5.17. The van der Waals surface area contributed by atoms with Crippen LogP contribution in [-0.4, -0.2) is 55.8 Å². The minimum Gasteiger partial charge on any atom is -0.469 e. The Kier molecular flexibility index (Phi) is 10.9. The molecule has 2 rings (SSSR count). The third-order valence-corrected chi connectivity index (χ3v) is 5.44. The summed E-state index contributed by atoms with van der Waals surface area (Å²) in [5.41, 5.74) is 0.119. The van der Waals surface area contributed by atoms with Crippen molar-refractivity contribution in [3.63, 3.8) is 0 Å². The van der Waals surface area contributed by atoms with E-state index in [-0.39, 0.29) is 34.4 Å². The molecule has 0 saturated heterocycles. The number of rotatable bonds is 12. The zero-order valence-electron chi connectivity index (χ0n) is 19.7. The molecule has 0 atom stereocenters. The van der Waals surface area contributed by atoms with Crippen molar-refractivity contribution in [2.75, 3.05) is 39.6 Å². The van der Waals surface area contributed by atoms with Gasteiger partial charge in [0.1, 0.15) is 18.2 Å². The first-order chi connectivity index (χ1) is 16.2. The maximum absolute atomic E-state index is 14.1. The number of hydrogen-bond acceptors (Lipinski definition) is 8. The van der Waals surface area contributed by atoms with Crippen LogP contribution >= 0.6 is 11.5 Å². The van der Waals surface area contributed by atoms with E-state index in [1.54, 1.807) is 0 Å². The summed E-state index contributed by atoms with van der Waals surface area (Å²) in [6.07, 6.45) is 2.91. The Bertz CT molecular complexity index is 971. The van der Waals surface area contributed by atoms with Crippen LogP contribution in [0, 0.1) is 18.6 Å². The summed E-state index contributed by atoms with van der Waals surface area (Å²) in [4.78, 5) is 26.0. The van der Waals surface area contributed by atoms with Crippen LogP contribution in [0.2, 0.25) is 0 Å². The zero-order chi connectivity index (χ0) is 25.1. The largest absolute Gasteiger partial charge is 0.513 e. The van der Waals surface area contributed by atoms with Gasteiger partial charge in [-0.05, 0) is 69.6 Å². The maximum Gasteiger partial charge on any atom is 0.513 e. The molecule has 34 heavy (non-hydrogen) atoms. The topological polar surface area (TPSA) is 102 Å². The lowest BCUT2D eigenvalue weighted by Crippen LogP contribution is -2.29. The normalized spacial score (nSPS) is 10.8. The Morgan fingerprint density at radius 3 is 2.56 bits per heavy atom. The van der Waals surface area contributed by atoms with Gasteiger partial charge in [0.15, 0.2) is 5.00 Å². The van der Waals surface area contributed by atoms with Crippen LogP contribution in [0.25, 0.3) is 0 Å². The van der Waals surface area contributed by atoms with Gasteiger partial charge in [0, 0.05) is 12.1 Å². The van der Waals surface area contributed by atoms with E-state index in [2.05, 4.69) is 24.6 Å². The van der Waals surface area contributed by atoms with Crippen molar-refractivity contribution in [1.29, 1.82) is 0 Å². The molecule has 2 aromatic rings. The van der Waals surface area contributed by atoms with E-state index in [9.17, 15) is 18.4 Å². The van der Waals surface area contributed by atoms with Gasteiger partial charge in [0.05, 0.1) is 7.11 Å². The highest BCUT2D eigenvalue weighted by Gasteiger charge is 2.23. The van der Waals surface area contributed by atoms with Gasteiger partial charge in [-0.15, -0.1) is 4.37 Å². The SMILES string of the molecule is COC(=O)Oc1c(OCc2cc(F)c(C)cc2F)nsc1NC(=O)NCCCCCCN(C)C. The van der Waals surface area contributed by atoms with Crippen molar-refractivity contribution in [1.82, 2.24) is 14.6 Å². The minimum absolute atomic E-state index is 0.0436. The molecule has 0 radical (unpaired) electrons. The van der Waals surface area contributed by atoms with E-state index in [0.29, 0.717) is 6.54 Å². The third-order valence-electron chi connectivity index (χ3n) is 4.71. The maximum atomic E-state index is 14.1. The fourth-order valence-corrected chi connectivity index (χ4v) is 3.51. The van der Waals surface area contributed by atoms with E-state index < -0.39 is 23.8 Å². The number of carbonyl (C=O) groups is 2. The van der Waals surface area contributed by atoms with Crippen LogP contribution < -0.4 is 20.1 Å². The molecule has 2 amide bonds. The van der Waals surface area contributed by atoms with Crippen LogP contribution in [0.5, 0.6) is 11.6 Å². The molecule has 1 aromatic heterocycles. The molecule has 0 aliphatic rings. The summed E-state index contributed by atoms with van der Waals surface area (Å²) >= 11 is 0.803. The predicted octanol–water partition coefficient (Wildman–Crippen LogP) is 4.70. The molecule has 0 bridgehead atoms. The fraction of sp³-hybridized carbons (Fsp3) is 0.500. The Balaban J connectivity index is 1.95. The average Bonchev–Trinajstić information content (AvgIpc) is 3.15. The molecule has 2 N–H and O–H groups in total. The first kappa shape index (κ1) is 27.3. The molecular weight excluding hydrogens is 470 g/mol. The molecule has 12 heteroatoms. The Morgan fingerprint density at radius 1 is 1.12 bits per heavy atom. The molecule has 1 aromatic carbocycles. The fourth-order valence-electron chi connectivity index (χ4n) is 2.85. The van der Waals surface area contributed by atoms with E-state index in [0.717, 1.165) is 63.0 Å². The number of aryl methyl sites for hydroxylation is 1. The van der Waals surface area contributed by atoms with E-state index >= 15 is 0 Å². The molecule has 9 nitrogen and oxygen atoms in total. The molecule has 0 spiro atoms. The van der Waals surface area contributed by atoms with E-state index in [4.69, 9.17) is 9.47 Å². The smallest absolute Gasteiger partial charge is 0.469 e. The van der Waals surface area contributed by atoms with Gasteiger partial charge in [0.25, 0.3) is 5.88 Å². The van der Waals surface area contributed by atoms with Crippen LogP contribution in [0.4, 0.5) is 23.4 Å². The highest BCUT2D eigenvalue weighted by molar-refractivity contribution is 7.11. The van der Waals surface area contributed by atoms with Gasteiger partial charge >= 0.3 is 12.2 Å². The second kappa shape index (κ2) is 13.7. The average molecular weight is 501 g/mol. The van der Waals surface area contributed by atoms with Crippen molar-refractivity contribution in [3.8, 4) is 11.6 Å². The molecule has 0 unspecified atom stereocenters. The Hall–Kier alpha value is -2.99. The van der Waals surface area contributed by atoms with Gasteiger partial charge < -0.3 is 24.4 Å². The minimum atomic E-state index is -1.06. The van der Waals surface area contributed by atoms with Crippen LogP contribution in [-0.2, 0) is 11.3 Å². The number of ether oxygens (including phenoxy) is 3. The van der Waals surface area contributed by atoms with Gasteiger partial charge in [0.2, 0.25) is 5.75 Å². The van der Waals surface area contributed by atoms with Crippen molar-refractivity contribution in [2.24, 2.45) is 0 Å². The van der Waals surface area contributed by atoms with Gasteiger partial charge in [-0.1, -0.05) is 12.8 Å². The number of aromatic nitrogens is 1. The second-order valence-corrected chi connectivity index (χ2v) is 8.56. The zero-order valence-corrected chi connectivity index (χ0v) is 20.5. The number of halogens is 2. The number of hydrogen-bond donors (Lipinski definition) is 2. The monoisotopic (exact) mass is 500 g/mol. The molecule has 0 aliphatic heterocycles. The summed E-state index contributed by atoms with van der Waals surface area (Å²) in [5.74, 6) is -1.60. The second-order valence-electron chi connectivity index (χ2n) is 7.78. The predicted molar refractivity (Wildman–Crippen MR) is 125 cm³/mol. The molecule has 1 heterocycles. The number of benzene rings is 1. The van der Waals surface area contributed by atoms with Gasteiger partial charge in [-0.3, -0.25) is 5.32 Å². The molecular formula is C22H30F2N4O5S. The molecule has 188 valence electrons. The number of unbranched alkanes of at least 4 members (excludes halogenated alkanes) is 3. The summed E-state index contributed by atoms with van der Waals surface area (Å²) in [6, 6.07) is 1.57. The quantitative estimate of drug-likeness (QED) is 0.322. The first-order valence-electron chi connectivity index (χ1n) is 10.7. The van der Waals surface area contributed by atoms with Gasteiger partial charge in [-0.25, -0.2) is 18.4 Å². The summed E-state index contributed by atoms with van der Waals surface area (Å²) in [5, 5.41) is 5.38. The highest BCUT2D eigenvalue weighted by atomic mass is 32.1. The van der Waals surface area contributed by atoms with Crippen LogP contribution in [0.3, 0.4) is 0 Å². The summed E-state index contributed by atoms with van der Waals surface area (Å²) < 4.78 is 46.9. The summed E-state index contributed by atoms with van der Waals surface area (Å²) in [6.45, 7) is 2.57. The van der Waals surface area contributed by atoms with Crippen LogP contribution in [0.15, 0.2) is 12.1 Å². The molecule has 0 aliphatic carbocycles. The van der Waals surface area contributed by atoms with Crippen molar-refractivity contribution in [2.45, 2.75) is 39.2 Å². The van der Waals surface area contributed by atoms with E-state index in [1.165, 1.54) is 6.92 Å². The van der Waals surface area contributed by atoms with E-state index in [1.807, 2.05) is 14.1 Å². The highest BCUT2D eigenvalue weighted by Crippen LogP contribution is 2.39. The number of urea groups is 1. The standard InChI is InChI=1S/C22H30F2N4O5S/c1-14-11-17(24)15(12-16(14)23)13-32-19-18(33-22(30)31-4)20(34-27-19)26-21(29)25-9-7-5-6-8-10-28(2)3/h11-12H,5-10,13H2,1-4H3,(H2,25,26,29). The number of anilines is 1. The van der Waals surface area contributed by atoms with Crippen molar-refractivity contribution in [3.05, 3.63) is 34.9 Å². The lowest BCUT2D eigenvalue weighted by Gasteiger charge is -2.10. The van der Waals surface area contributed by atoms with Gasteiger partial charge in [-0.2, -0.15) is 0 Å². The number of nitrogens with zero attached hydrogens (tertiary/aromatic N) is 2. The number of methoxy groups -OCH3 is 1. The number of amides is 2. The lowest BCUT2D eigenvalue weighted by molar-refractivity contribution is 0.119. The molecule has 0 fully saturated rings. The number of nitrogens with one attached hydrogen (secondary N) is 2. The third kappa shape index (κ3) is 8.75. The number of carbonyl (C=O) groups excluding carboxylic acids is 2.